The SMILES string of the molecule is CCNC(CC1CCCC1)c1ccc(N(C)C)cc1. The maximum atomic E-state index is 3.66. The van der Waals surface area contributed by atoms with E-state index in [4.69, 9.17) is 0 Å². The van der Waals surface area contributed by atoms with Gasteiger partial charge >= 0.3 is 0 Å². The maximum Gasteiger partial charge on any atom is 0.0361 e. The summed E-state index contributed by atoms with van der Waals surface area (Å²) in [5.41, 5.74) is 2.72. The van der Waals surface area contributed by atoms with Crippen molar-refractivity contribution in [2.75, 3.05) is 25.5 Å². The summed E-state index contributed by atoms with van der Waals surface area (Å²) in [6.07, 6.45) is 7.02. The van der Waals surface area contributed by atoms with Crippen LogP contribution in [0.4, 0.5) is 5.69 Å². The van der Waals surface area contributed by atoms with E-state index in [-0.39, 0.29) is 0 Å². The number of anilines is 1. The van der Waals surface area contributed by atoms with Crippen LogP contribution in [-0.4, -0.2) is 20.6 Å². The van der Waals surface area contributed by atoms with Crippen molar-refractivity contribution < 1.29 is 0 Å². The van der Waals surface area contributed by atoms with Crippen LogP contribution in [0.1, 0.15) is 50.6 Å². The van der Waals surface area contributed by atoms with Gasteiger partial charge in [-0.3, -0.25) is 0 Å². The van der Waals surface area contributed by atoms with E-state index in [1.54, 1.807) is 0 Å². The highest BCUT2D eigenvalue weighted by Gasteiger charge is 2.20. The molecule has 1 fully saturated rings. The first-order valence-corrected chi connectivity index (χ1v) is 7.71. The van der Waals surface area contributed by atoms with Gasteiger partial charge in [0.1, 0.15) is 0 Å². The quantitative estimate of drug-likeness (QED) is 0.832. The van der Waals surface area contributed by atoms with Crippen LogP contribution >= 0.6 is 0 Å². The minimum absolute atomic E-state index is 0.532. The average Bonchev–Trinajstić information content (AvgIpc) is 2.91. The highest BCUT2D eigenvalue weighted by molar-refractivity contribution is 5.46. The summed E-state index contributed by atoms with van der Waals surface area (Å²) in [6.45, 7) is 3.25. The summed E-state index contributed by atoms with van der Waals surface area (Å²) in [5, 5.41) is 3.66. The molecule has 0 heterocycles. The predicted octanol–water partition coefficient (Wildman–Crippen LogP) is 3.98. The fourth-order valence-electron chi connectivity index (χ4n) is 3.17. The van der Waals surface area contributed by atoms with Crippen molar-refractivity contribution in [2.24, 2.45) is 5.92 Å². The molecule has 19 heavy (non-hydrogen) atoms. The molecule has 1 unspecified atom stereocenters. The van der Waals surface area contributed by atoms with Crippen molar-refractivity contribution in [3.63, 3.8) is 0 Å². The second kappa shape index (κ2) is 6.95. The fourth-order valence-corrected chi connectivity index (χ4v) is 3.17. The van der Waals surface area contributed by atoms with Crippen molar-refractivity contribution in [1.82, 2.24) is 5.32 Å². The monoisotopic (exact) mass is 260 g/mol. The van der Waals surface area contributed by atoms with Gasteiger partial charge < -0.3 is 10.2 Å². The molecular formula is C17H28N2. The van der Waals surface area contributed by atoms with Gasteiger partial charge in [0.25, 0.3) is 0 Å². The Kier molecular flexibility index (Phi) is 5.26. The lowest BCUT2D eigenvalue weighted by Crippen LogP contribution is -2.23. The first-order chi connectivity index (χ1) is 9.20. The van der Waals surface area contributed by atoms with Crippen molar-refractivity contribution in [3.05, 3.63) is 29.8 Å². The van der Waals surface area contributed by atoms with Crippen molar-refractivity contribution >= 4 is 5.69 Å². The summed E-state index contributed by atoms with van der Waals surface area (Å²) < 4.78 is 0. The zero-order valence-electron chi connectivity index (χ0n) is 12.7. The first kappa shape index (κ1) is 14.4. The lowest BCUT2D eigenvalue weighted by molar-refractivity contribution is 0.401. The summed E-state index contributed by atoms with van der Waals surface area (Å²) >= 11 is 0. The van der Waals surface area contributed by atoms with E-state index in [0.717, 1.165) is 12.5 Å². The zero-order chi connectivity index (χ0) is 13.7. The topological polar surface area (TPSA) is 15.3 Å². The first-order valence-electron chi connectivity index (χ1n) is 7.71. The van der Waals surface area contributed by atoms with Gasteiger partial charge in [0, 0.05) is 25.8 Å². The molecule has 106 valence electrons. The number of nitrogens with zero attached hydrogens (tertiary/aromatic N) is 1. The molecule has 1 aliphatic carbocycles. The molecular weight excluding hydrogens is 232 g/mol. The maximum absolute atomic E-state index is 3.66. The Bertz CT molecular complexity index is 363. The van der Waals surface area contributed by atoms with Crippen molar-refractivity contribution in [3.8, 4) is 0 Å². The second-order valence-electron chi connectivity index (χ2n) is 5.98. The minimum atomic E-state index is 0.532. The molecule has 1 saturated carbocycles. The van der Waals surface area contributed by atoms with Gasteiger partial charge in [0.05, 0.1) is 0 Å². The van der Waals surface area contributed by atoms with E-state index in [2.05, 4.69) is 55.5 Å². The third-order valence-electron chi connectivity index (χ3n) is 4.31. The number of benzene rings is 1. The van der Waals surface area contributed by atoms with Crippen molar-refractivity contribution in [2.45, 2.75) is 45.1 Å². The molecule has 2 heteroatoms. The Morgan fingerprint density at radius 3 is 2.32 bits per heavy atom. The van der Waals surface area contributed by atoms with Crippen LogP contribution in [0.3, 0.4) is 0 Å². The van der Waals surface area contributed by atoms with E-state index in [9.17, 15) is 0 Å². The summed E-state index contributed by atoms with van der Waals surface area (Å²) in [6, 6.07) is 9.57. The van der Waals surface area contributed by atoms with E-state index >= 15 is 0 Å². The molecule has 1 aliphatic rings. The van der Waals surface area contributed by atoms with Gasteiger partial charge in [0.15, 0.2) is 0 Å². The van der Waals surface area contributed by atoms with Crippen LogP contribution in [-0.2, 0) is 0 Å². The third kappa shape index (κ3) is 3.97. The van der Waals surface area contributed by atoms with Crippen LogP contribution in [0.25, 0.3) is 0 Å². The van der Waals surface area contributed by atoms with Gasteiger partial charge in [-0.15, -0.1) is 0 Å². The molecule has 0 radical (unpaired) electrons. The number of nitrogens with one attached hydrogen (secondary N) is 1. The molecule has 0 saturated heterocycles. The van der Waals surface area contributed by atoms with Crippen LogP contribution in [0, 0.1) is 5.92 Å². The largest absolute Gasteiger partial charge is 0.378 e. The molecule has 0 amide bonds. The lowest BCUT2D eigenvalue weighted by atomic mass is 9.93. The Hall–Kier alpha value is -1.02. The smallest absolute Gasteiger partial charge is 0.0361 e. The predicted molar refractivity (Wildman–Crippen MR) is 83.8 cm³/mol. The van der Waals surface area contributed by atoms with Crippen LogP contribution in [0.5, 0.6) is 0 Å². The van der Waals surface area contributed by atoms with E-state index < -0.39 is 0 Å². The molecule has 0 bridgehead atoms. The van der Waals surface area contributed by atoms with Gasteiger partial charge in [-0.25, -0.2) is 0 Å². The Morgan fingerprint density at radius 2 is 1.79 bits per heavy atom. The standard InChI is InChI=1S/C17H28N2/c1-4-18-17(13-14-7-5-6-8-14)15-9-11-16(12-10-15)19(2)3/h9-12,14,17-18H,4-8,13H2,1-3H3. The Balaban J connectivity index is 2.04. The van der Waals surface area contributed by atoms with Gasteiger partial charge in [0.2, 0.25) is 0 Å². The zero-order valence-corrected chi connectivity index (χ0v) is 12.7. The number of hydrogen-bond donors (Lipinski definition) is 1. The number of hydrogen-bond acceptors (Lipinski definition) is 2. The molecule has 2 rings (SSSR count). The molecule has 0 aliphatic heterocycles. The fraction of sp³-hybridized carbons (Fsp3) is 0.647. The third-order valence-corrected chi connectivity index (χ3v) is 4.31. The van der Waals surface area contributed by atoms with Crippen LogP contribution in [0.2, 0.25) is 0 Å². The van der Waals surface area contributed by atoms with E-state index in [1.807, 2.05) is 0 Å². The molecule has 2 nitrogen and oxygen atoms in total. The second-order valence-corrected chi connectivity index (χ2v) is 5.98. The van der Waals surface area contributed by atoms with Crippen molar-refractivity contribution in [1.29, 1.82) is 0 Å². The number of rotatable bonds is 6. The Labute approximate surface area is 118 Å². The average molecular weight is 260 g/mol. The Morgan fingerprint density at radius 1 is 1.16 bits per heavy atom. The van der Waals surface area contributed by atoms with Gasteiger partial charge in [-0.2, -0.15) is 0 Å². The van der Waals surface area contributed by atoms with Crippen LogP contribution < -0.4 is 10.2 Å². The highest BCUT2D eigenvalue weighted by Crippen LogP contribution is 2.33. The molecule has 0 aromatic heterocycles. The lowest BCUT2D eigenvalue weighted by Gasteiger charge is -2.23. The van der Waals surface area contributed by atoms with Gasteiger partial charge in [-0.1, -0.05) is 44.7 Å². The highest BCUT2D eigenvalue weighted by atomic mass is 15.1. The molecule has 1 aromatic carbocycles. The minimum Gasteiger partial charge on any atom is -0.378 e. The molecule has 0 spiro atoms. The normalized spacial score (nSPS) is 17.6. The molecule has 1 N–H and O–H groups in total. The molecule has 1 atom stereocenters. The summed E-state index contributed by atoms with van der Waals surface area (Å²) in [4.78, 5) is 2.16. The molecule has 1 aromatic rings. The van der Waals surface area contributed by atoms with E-state index in [0.29, 0.717) is 6.04 Å². The summed E-state index contributed by atoms with van der Waals surface area (Å²) in [7, 11) is 4.19. The van der Waals surface area contributed by atoms with E-state index in [1.165, 1.54) is 43.4 Å². The van der Waals surface area contributed by atoms with Gasteiger partial charge in [-0.05, 0) is 36.6 Å². The van der Waals surface area contributed by atoms with Crippen LogP contribution in [0.15, 0.2) is 24.3 Å². The summed E-state index contributed by atoms with van der Waals surface area (Å²) in [5.74, 6) is 0.928.